The zero-order chi connectivity index (χ0) is 12.9. The molecule has 0 bridgehead atoms. The lowest BCUT2D eigenvalue weighted by atomic mass is 10.4. The smallest absolute Gasteiger partial charge is 0.332 e. The van der Waals surface area contributed by atoms with E-state index >= 15 is 0 Å². The summed E-state index contributed by atoms with van der Waals surface area (Å²) in [6.07, 6.45) is 0.469. The SMILES string of the molecule is C=C(C)C(=O)OC.C=O.CCC(=O)OC.O. The van der Waals surface area contributed by atoms with Crippen molar-refractivity contribution in [3.8, 4) is 0 Å². The van der Waals surface area contributed by atoms with E-state index in [4.69, 9.17) is 4.79 Å². The molecular weight excluding hydrogens is 216 g/mol. The van der Waals surface area contributed by atoms with Gasteiger partial charge in [-0.25, -0.2) is 4.79 Å². The van der Waals surface area contributed by atoms with Crippen molar-refractivity contribution in [2.45, 2.75) is 20.3 Å². The lowest BCUT2D eigenvalue weighted by Crippen LogP contribution is -1.98. The fourth-order valence-electron chi connectivity index (χ4n) is 0.319. The van der Waals surface area contributed by atoms with Gasteiger partial charge in [0.2, 0.25) is 0 Å². The standard InChI is InChI=1S/C5H8O2.C4H8O2.CH2O.H2O/c1-4(2)5(6)7-3;1-3-4(5)6-2;1-2;/h1H2,2-3H3;3H2,1-2H3;1H2;1H2. The summed E-state index contributed by atoms with van der Waals surface area (Å²) in [5.41, 5.74) is 0.433. The molecule has 0 spiro atoms. The second-order valence-corrected chi connectivity index (χ2v) is 2.20. The van der Waals surface area contributed by atoms with Crippen LogP contribution in [0.4, 0.5) is 0 Å². The molecule has 0 aliphatic heterocycles. The van der Waals surface area contributed by atoms with Crippen LogP contribution in [0.5, 0.6) is 0 Å². The molecule has 0 heterocycles. The van der Waals surface area contributed by atoms with Gasteiger partial charge in [0.1, 0.15) is 6.79 Å². The van der Waals surface area contributed by atoms with Crippen molar-refractivity contribution >= 4 is 18.7 Å². The van der Waals surface area contributed by atoms with Crippen LogP contribution in [0, 0.1) is 0 Å². The number of hydrogen-bond acceptors (Lipinski definition) is 5. The second kappa shape index (κ2) is 19.0. The number of esters is 2. The van der Waals surface area contributed by atoms with Crippen molar-refractivity contribution in [2.75, 3.05) is 14.2 Å². The van der Waals surface area contributed by atoms with Gasteiger partial charge >= 0.3 is 11.9 Å². The minimum absolute atomic E-state index is 0. The van der Waals surface area contributed by atoms with Crippen LogP contribution in [-0.2, 0) is 23.9 Å². The van der Waals surface area contributed by atoms with Gasteiger partial charge in [-0.2, -0.15) is 0 Å². The zero-order valence-corrected chi connectivity index (χ0v) is 10.2. The lowest BCUT2D eigenvalue weighted by molar-refractivity contribution is -0.140. The van der Waals surface area contributed by atoms with Crippen molar-refractivity contribution in [3.05, 3.63) is 12.2 Å². The van der Waals surface area contributed by atoms with Crippen molar-refractivity contribution < 1.29 is 29.3 Å². The molecule has 0 amide bonds. The number of hydrogen-bond donors (Lipinski definition) is 0. The summed E-state index contributed by atoms with van der Waals surface area (Å²) in [4.78, 5) is 28.1. The summed E-state index contributed by atoms with van der Waals surface area (Å²) in [6.45, 7) is 8.71. The van der Waals surface area contributed by atoms with Gasteiger partial charge in [-0.1, -0.05) is 13.5 Å². The average molecular weight is 236 g/mol. The lowest BCUT2D eigenvalue weighted by Gasteiger charge is -1.91. The van der Waals surface area contributed by atoms with E-state index in [0.29, 0.717) is 12.0 Å². The number of carbonyl (C=O) groups excluding carboxylic acids is 3. The first-order valence-electron chi connectivity index (χ1n) is 4.09. The number of carbonyl (C=O) groups is 3. The third kappa shape index (κ3) is 22.8. The van der Waals surface area contributed by atoms with Gasteiger partial charge in [0.05, 0.1) is 14.2 Å². The molecule has 16 heavy (non-hydrogen) atoms. The molecule has 0 rings (SSSR count). The van der Waals surface area contributed by atoms with Crippen LogP contribution in [0.3, 0.4) is 0 Å². The van der Waals surface area contributed by atoms with E-state index in [1.54, 1.807) is 13.8 Å². The molecule has 0 aromatic rings. The average Bonchev–Trinajstić information content (AvgIpc) is 2.30. The highest BCUT2D eigenvalue weighted by molar-refractivity contribution is 5.86. The van der Waals surface area contributed by atoms with Crippen LogP contribution in [-0.4, -0.2) is 38.4 Å². The molecule has 0 aliphatic carbocycles. The van der Waals surface area contributed by atoms with Crippen molar-refractivity contribution in [1.29, 1.82) is 0 Å². The first-order chi connectivity index (χ1) is 6.99. The maximum Gasteiger partial charge on any atom is 0.332 e. The number of rotatable bonds is 2. The van der Waals surface area contributed by atoms with Crippen LogP contribution in [0.1, 0.15) is 20.3 Å². The maximum atomic E-state index is 10.2. The summed E-state index contributed by atoms with van der Waals surface area (Å²) in [5.74, 6) is -0.505. The van der Waals surface area contributed by atoms with Crippen LogP contribution in [0.2, 0.25) is 0 Å². The van der Waals surface area contributed by atoms with Gasteiger partial charge in [0, 0.05) is 12.0 Å². The third-order valence-corrected chi connectivity index (χ3v) is 1.05. The molecule has 0 atom stereocenters. The highest BCUT2D eigenvalue weighted by Crippen LogP contribution is 1.87. The summed E-state index contributed by atoms with van der Waals surface area (Å²) in [7, 11) is 2.71. The van der Waals surface area contributed by atoms with Crippen LogP contribution >= 0.6 is 0 Å². The molecule has 0 aromatic carbocycles. The van der Waals surface area contributed by atoms with Gasteiger partial charge in [-0.15, -0.1) is 0 Å². The molecule has 6 nitrogen and oxygen atoms in total. The van der Waals surface area contributed by atoms with Crippen molar-refractivity contribution in [2.24, 2.45) is 0 Å². The van der Waals surface area contributed by atoms with E-state index in [-0.39, 0.29) is 17.4 Å². The largest absolute Gasteiger partial charge is 0.469 e. The van der Waals surface area contributed by atoms with Gasteiger partial charge in [-0.3, -0.25) is 4.79 Å². The molecule has 0 saturated carbocycles. The summed E-state index contributed by atoms with van der Waals surface area (Å²) in [5, 5.41) is 0. The maximum absolute atomic E-state index is 10.2. The van der Waals surface area contributed by atoms with Crippen LogP contribution in [0.25, 0.3) is 0 Å². The minimum atomic E-state index is -0.347. The Hall–Kier alpha value is -1.69. The molecule has 0 unspecified atom stereocenters. The molecule has 0 radical (unpaired) electrons. The molecule has 0 aromatic heterocycles. The van der Waals surface area contributed by atoms with Gasteiger partial charge in [0.15, 0.2) is 0 Å². The molecule has 0 fully saturated rings. The zero-order valence-electron chi connectivity index (χ0n) is 10.2. The second-order valence-electron chi connectivity index (χ2n) is 2.20. The molecule has 0 aliphatic rings. The molecular formula is C10H20O6. The number of methoxy groups -OCH3 is 2. The third-order valence-electron chi connectivity index (χ3n) is 1.05. The Balaban J connectivity index is -0.0000000743. The van der Waals surface area contributed by atoms with E-state index in [0.717, 1.165) is 0 Å². The summed E-state index contributed by atoms with van der Waals surface area (Å²) < 4.78 is 8.53. The van der Waals surface area contributed by atoms with E-state index in [2.05, 4.69) is 16.1 Å². The first kappa shape index (κ1) is 23.8. The highest BCUT2D eigenvalue weighted by atomic mass is 16.5. The monoisotopic (exact) mass is 236 g/mol. The fourth-order valence-corrected chi connectivity index (χ4v) is 0.319. The summed E-state index contributed by atoms with van der Waals surface area (Å²) in [6, 6.07) is 0. The Bertz CT molecular complexity index is 193. The normalized spacial score (nSPS) is 6.50. The minimum Gasteiger partial charge on any atom is -0.469 e. The fraction of sp³-hybridized carbons (Fsp3) is 0.500. The molecule has 2 N–H and O–H groups in total. The Morgan fingerprint density at radius 3 is 1.50 bits per heavy atom. The topological polar surface area (TPSA) is 101 Å². The molecule has 0 saturated heterocycles. The predicted octanol–water partition coefficient (Wildman–Crippen LogP) is 0.295. The Kier molecular flexibility index (Phi) is 28.3. The predicted molar refractivity (Wildman–Crippen MR) is 59.9 cm³/mol. The van der Waals surface area contributed by atoms with Gasteiger partial charge in [0.25, 0.3) is 0 Å². The number of ether oxygens (including phenoxy) is 2. The van der Waals surface area contributed by atoms with Crippen molar-refractivity contribution in [1.82, 2.24) is 0 Å². The van der Waals surface area contributed by atoms with Crippen molar-refractivity contribution in [3.63, 3.8) is 0 Å². The Labute approximate surface area is 95.5 Å². The van der Waals surface area contributed by atoms with E-state index in [1.165, 1.54) is 14.2 Å². The first-order valence-corrected chi connectivity index (χ1v) is 4.09. The Morgan fingerprint density at radius 2 is 1.50 bits per heavy atom. The van der Waals surface area contributed by atoms with E-state index in [9.17, 15) is 9.59 Å². The summed E-state index contributed by atoms with van der Waals surface area (Å²) >= 11 is 0. The van der Waals surface area contributed by atoms with E-state index in [1.807, 2.05) is 6.79 Å². The molecule has 6 heteroatoms. The molecule has 96 valence electrons. The van der Waals surface area contributed by atoms with Crippen LogP contribution in [0.15, 0.2) is 12.2 Å². The quantitative estimate of drug-likeness (QED) is 0.506. The highest BCUT2D eigenvalue weighted by Gasteiger charge is 1.95. The Morgan fingerprint density at radius 1 is 1.12 bits per heavy atom. The van der Waals surface area contributed by atoms with Gasteiger partial charge < -0.3 is 19.7 Å². The van der Waals surface area contributed by atoms with Gasteiger partial charge in [-0.05, 0) is 6.92 Å². The van der Waals surface area contributed by atoms with E-state index < -0.39 is 0 Å². The van der Waals surface area contributed by atoms with Crippen LogP contribution < -0.4 is 0 Å².